The highest BCUT2D eigenvalue weighted by molar-refractivity contribution is 7.89. The largest absolute Gasteiger partial charge is 0.337 e. The molecule has 9 heteroatoms. The normalized spacial score (nSPS) is 15.8. The van der Waals surface area contributed by atoms with Crippen LogP contribution in [-0.2, 0) is 15.4 Å². The Bertz CT molecular complexity index is 1000. The quantitative estimate of drug-likeness (QED) is 0.753. The maximum Gasteiger partial charge on any atom is 0.317 e. The Kier molecular flexibility index (Phi) is 6.69. The molecule has 162 valence electrons. The molecule has 2 aromatic carbocycles. The highest BCUT2D eigenvalue weighted by Crippen LogP contribution is 2.25. The molecule has 1 N–H and O–H groups in total. The second-order valence-electron chi connectivity index (χ2n) is 7.87. The maximum atomic E-state index is 14.1. The van der Waals surface area contributed by atoms with Crippen molar-refractivity contribution in [1.82, 2.24) is 14.5 Å². The number of amides is 2. The molecule has 0 saturated carbocycles. The van der Waals surface area contributed by atoms with Crippen LogP contribution in [0, 0.1) is 5.82 Å². The minimum atomic E-state index is -3.63. The predicted molar refractivity (Wildman–Crippen MR) is 115 cm³/mol. The molecular weight excluding hydrogens is 429 g/mol. The summed E-state index contributed by atoms with van der Waals surface area (Å²) in [7, 11) is -3.63. The summed E-state index contributed by atoms with van der Waals surface area (Å²) in [6.07, 6.45) is 0. The second kappa shape index (κ2) is 8.91. The fraction of sp³-hybridized carbons (Fsp3) is 0.381. The number of hydrogen-bond donors (Lipinski definition) is 1. The minimum absolute atomic E-state index is 0.177. The molecule has 1 saturated heterocycles. The Labute approximate surface area is 181 Å². The van der Waals surface area contributed by atoms with Crippen molar-refractivity contribution in [3.05, 3.63) is 64.9 Å². The molecule has 1 fully saturated rings. The first-order chi connectivity index (χ1) is 14.1. The van der Waals surface area contributed by atoms with Gasteiger partial charge in [-0.05, 0) is 35.9 Å². The zero-order valence-electron chi connectivity index (χ0n) is 16.9. The first kappa shape index (κ1) is 22.5. The lowest BCUT2D eigenvalue weighted by molar-refractivity contribution is 0.170. The summed E-state index contributed by atoms with van der Waals surface area (Å²) in [5.74, 6) is -0.308. The van der Waals surface area contributed by atoms with E-state index in [1.165, 1.54) is 34.6 Å². The number of hydrogen-bond acceptors (Lipinski definition) is 3. The van der Waals surface area contributed by atoms with E-state index in [9.17, 15) is 17.6 Å². The average Bonchev–Trinajstić information content (AvgIpc) is 2.72. The number of sulfonamides is 1. The number of halogens is 2. The van der Waals surface area contributed by atoms with Gasteiger partial charge in [-0.15, -0.1) is 0 Å². The van der Waals surface area contributed by atoms with Crippen LogP contribution in [0.15, 0.2) is 53.4 Å². The molecule has 2 aromatic rings. The van der Waals surface area contributed by atoms with Crippen LogP contribution in [0.4, 0.5) is 9.18 Å². The summed E-state index contributed by atoms with van der Waals surface area (Å²) in [6, 6.07) is 12.2. The Morgan fingerprint density at radius 2 is 1.67 bits per heavy atom. The van der Waals surface area contributed by atoms with Gasteiger partial charge in [0.2, 0.25) is 10.0 Å². The number of piperazine rings is 1. The van der Waals surface area contributed by atoms with Crippen LogP contribution in [0.25, 0.3) is 0 Å². The Balaban J connectivity index is 1.56. The van der Waals surface area contributed by atoms with Crippen LogP contribution >= 0.6 is 11.6 Å². The van der Waals surface area contributed by atoms with Crippen molar-refractivity contribution in [3.8, 4) is 0 Å². The van der Waals surface area contributed by atoms with Crippen molar-refractivity contribution < 1.29 is 17.6 Å². The van der Waals surface area contributed by atoms with Gasteiger partial charge in [0.15, 0.2) is 0 Å². The van der Waals surface area contributed by atoms with Crippen LogP contribution < -0.4 is 5.32 Å². The fourth-order valence-corrected chi connectivity index (χ4v) is 4.95. The molecule has 6 nitrogen and oxygen atoms in total. The van der Waals surface area contributed by atoms with Gasteiger partial charge in [0.25, 0.3) is 0 Å². The van der Waals surface area contributed by atoms with E-state index in [0.29, 0.717) is 10.6 Å². The summed E-state index contributed by atoms with van der Waals surface area (Å²) in [4.78, 5) is 14.3. The van der Waals surface area contributed by atoms with Gasteiger partial charge in [-0.2, -0.15) is 4.31 Å². The fourth-order valence-electron chi connectivity index (χ4n) is 3.40. The summed E-state index contributed by atoms with van der Waals surface area (Å²) in [6.45, 7) is 4.95. The molecule has 0 atom stereocenters. The number of carbonyl (C=O) groups excluding carboxylic acids is 1. The van der Waals surface area contributed by atoms with Gasteiger partial charge >= 0.3 is 6.03 Å². The smallest absolute Gasteiger partial charge is 0.317 e. The lowest BCUT2D eigenvalue weighted by Gasteiger charge is -2.35. The zero-order valence-corrected chi connectivity index (χ0v) is 18.5. The molecule has 0 aromatic heterocycles. The van der Waals surface area contributed by atoms with Gasteiger partial charge in [-0.1, -0.05) is 43.6 Å². The van der Waals surface area contributed by atoms with Crippen molar-refractivity contribution in [2.75, 3.05) is 32.7 Å². The van der Waals surface area contributed by atoms with E-state index in [-0.39, 0.29) is 49.5 Å². The Hall–Kier alpha value is -2.16. The number of urea groups is 1. The summed E-state index contributed by atoms with van der Waals surface area (Å²) in [5.41, 5.74) is -0.0509. The average molecular weight is 454 g/mol. The molecule has 0 spiro atoms. The van der Waals surface area contributed by atoms with Crippen molar-refractivity contribution in [2.45, 2.75) is 24.2 Å². The zero-order chi connectivity index (χ0) is 21.9. The molecule has 0 aliphatic carbocycles. The van der Waals surface area contributed by atoms with Gasteiger partial charge in [0.05, 0.1) is 4.90 Å². The van der Waals surface area contributed by atoms with Gasteiger partial charge in [0.1, 0.15) is 5.82 Å². The molecule has 3 rings (SSSR count). The molecule has 0 radical (unpaired) electrons. The molecule has 0 bridgehead atoms. The van der Waals surface area contributed by atoms with Crippen molar-refractivity contribution in [2.24, 2.45) is 0 Å². The van der Waals surface area contributed by atoms with E-state index in [4.69, 9.17) is 11.6 Å². The molecule has 30 heavy (non-hydrogen) atoms. The number of rotatable bonds is 5. The summed E-state index contributed by atoms with van der Waals surface area (Å²) < 4.78 is 41.0. The van der Waals surface area contributed by atoms with Gasteiger partial charge in [0, 0.05) is 43.2 Å². The van der Waals surface area contributed by atoms with Crippen molar-refractivity contribution in [3.63, 3.8) is 0 Å². The predicted octanol–water partition coefficient (Wildman–Crippen LogP) is 3.47. The number of carbonyl (C=O) groups is 1. The van der Waals surface area contributed by atoms with E-state index in [0.717, 1.165) is 0 Å². The van der Waals surface area contributed by atoms with Gasteiger partial charge in [-0.3, -0.25) is 0 Å². The van der Waals surface area contributed by atoms with Crippen LogP contribution in [0.5, 0.6) is 0 Å². The molecule has 1 aliphatic rings. The third-order valence-corrected chi connectivity index (χ3v) is 7.43. The van der Waals surface area contributed by atoms with Gasteiger partial charge in [-0.25, -0.2) is 17.6 Å². The SMILES string of the molecule is CC(C)(CNC(=O)N1CCN(S(=O)(=O)c2ccc(Cl)cc2)CC1)c1ccccc1F. The van der Waals surface area contributed by atoms with Crippen LogP contribution in [0.2, 0.25) is 5.02 Å². The number of nitrogens with zero attached hydrogens (tertiary/aromatic N) is 2. The molecule has 1 heterocycles. The maximum absolute atomic E-state index is 14.1. The van der Waals surface area contributed by atoms with E-state index < -0.39 is 15.4 Å². The number of benzene rings is 2. The van der Waals surface area contributed by atoms with Crippen LogP contribution in [-0.4, -0.2) is 56.4 Å². The molecule has 0 unspecified atom stereocenters. The summed E-state index contributed by atoms with van der Waals surface area (Å²) in [5, 5.41) is 3.31. The standard InChI is InChI=1S/C21H25ClFN3O3S/c1-21(2,18-5-3-4-6-19(18)23)15-24-20(27)25-11-13-26(14-12-25)30(28,29)17-9-7-16(22)8-10-17/h3-10H,11-15H2,1-2H3,(H,24,27). The van der Waals surface area contributed by atoms with Crippen LogP contribution in [0.3, 0.4) is 0 Å². The van der Waals surface area contributed by atoms with Crippen LogP contribution in [0.1, 0.15) is 19.4 Å². The molecule has 1 aliphatic heterocycles. The lowest BCUT2D eigenvalue weighted by atomic mass is 9.84. The monoisotopic (exact) mass is 453 g/mol. The Morgan fingerprint density at radius 1 is 1.07 bits per heavy atom. The highest BCUT2D eigenvalue weighted by Gasteiger charge is 2.31. The lowest BCUT2D eigenvalue weighted by Crippen LogP contribution is -2.54. The summed E-state index contributed by atoms with van der Waals surface area (Å²) >= 11 is 5.83. The van der Waals surface area contributed by atoms with Crippen molar-refractivity contribution in [1.29, 1.82) is 0 Å². The van der Waals surface area contributed by atoms with E-state index in [1.54, 1.807) is 23.1 Å². The first-order valence-corrected chi connectivity index (χ1v) is 11.5. The third-order valence-electron chi connectivity index (χ3n) is 5.26. The van der Waals surface area contributed by atoms with Crippen molar-refractivity contribution >= 4 is 27.7 Å². The van der Waals surface area contributed by atoms with E-state index in [1.807, 2.05) is 13.8 Å². The minimum Gasteiger partial charge on any atom is -0.337 e. The second-order valence-corrected chi connectivity index (χ2v) is 10.2. The van der Waals surface area contributed by atoms with E-state index >= 15 is 0 Å². The Morgan fingerprint density at radius 3 is 2.27 bits per heavy atom. The highest BCUT2D eigenvalue weighted by atomic mass is 35.5. The van der Waals surface area contributed by atoms with E-state index in [2.05, 4.69) is 5.32 Å². The number of nitrogens with one attached hydrogen (secondary N) is 1. The molecule has 2 amide bonds. The third kappa shape index (κ3) is 4.94. The van der Waals surface area contributed by atoms with Gasteiger partial charge < -0.3 is 10.2 Å². The first-order valence-electron chi connectivity index (χ1n) is 9.65. The topological polar surface area (TPSA) is 69.7 Å². The molecular formula is C21H25ClFN3O3S.